The highest BCUT2D eigenvalue weighted by Crippen LogP contribution is 2.24. The SMILES string of the molecule is CC(C)COC(=O)c1cc2cc(NC(=O)[C@@H](N)Cc3ccccc3)ccc2o1. The molecule has 1 amide bonds. The topological polar surface area (TPSA) is 94.6 Å². The van der Waals surface area contributed by atoms with Crippen molar-refractivity contribution in [2.45, 2.75) is 26.3 Å². The number of carbonyl (C=O) groups is 2. The number of esters is 1. The molecule has 0 saturated heterocycles. The highest BCUT2D eigenvalue weighted by atomic mass is 16.5. The summed E-state index contributed by atoms with van der Waals surface area (Å²) >= 11 is 0. The van der Waals surface area contributed by atoms with Crippen LogP contribution in [0.3, 0.4) is 0 Å². The third-order valence-corrected chi connectivity index (χ3v) is 4.17. The molecule has 0 aliphatic heterocycles. The fraction of sp³-hybridized carbons (Fsp3) is 0.273. The smallest absolute Gasteiger partial charge is 0.374 e. The second-order valence-electron chi connectivity index (χ2n) is 7.14. The molecule has 0 unspecified atom stereocenters. The van der Waals surface area contributed by atoms with Crippen molar-refractivity contribution >= 4 is 28.5 Å². The Morgan fingerprint density at radius 2 is 1.86 bits per heavy atom. The van der Waals surface area contributed by atoms with Gasteiger partial charge in [-0.1, -0.05) is 44.2 Å². The number of ether oxygens (including phenoxy) is 1. The molecule has 1 heterocycles. The van der Waals surface area contributed by atoms with Crippen molar-refractivity contribution in [2.24, 2.45) is 11.7 Å². The first-order chi connectivity index (χ1) is 13.4. The maximum Gasteiger partial charge on any atom is 0.374 e. The van der Waals surface area contributed by atoms with Crippen molar-refractivity contribution in [1.82, 2.24) is 0 Å². The molecule has 146 valence electrons. The Hall–Kier alpha value is -3.12. The van der Waals surface area contributed by atoms with Crippen LogP contribution in [0, 0.1) is 5.92 Å². The van der Waals surface area contributed by atoms with Gasteiger partial charge in [0.25, 0.3) is 0 Å². The summed E-state index contributed by atoms with van der Waals surface area (Å²) in [4.78, 5) is 24.4. The average molecular weight is 380 g/mol. The first-order valence-corrected chi connectivity index (χ1v) is 9.23. The second-order valence-corrected chi connectivity index (χ2v) is 7.14. The summed E-state index contributed by atoms with van der Waals surface area (Å²) in [5.74, 6) is -0.390. The fourth-order valence-corrected chi connectivity index (χ4v) is 2.73. The lowest BCUT2D eigenvalue weighted by Crippen LogP contribution is -2.37. The van der Waals surface area contributed by atoms with Gasteiger partial charge in [0, 0.05) is 11.1 Å². The average Bonchev–Trinajstić information content (AvgIpc) is 3.10. The third-order valence-electron chi connectivity index (χ3n) is 4.17. The number of hydrogen-bond donors (Lipinski definition) is 2. The fourth-order valence-electron chi connectivity index (χ4n) is 2.73. The van der Waals surface area contributed by atoms with Gasteiger partial charge >= 0.3 is 5.97 Å². The lowest BCUT2D eigenvalue weighted by molar-refractivity contribution is -0.117. The van der Waals surface area contributed by atoms with Crippen molar-refractivity contribution in [2.75, 3.05) is 11.9 Å². The number of nitrogens with two attached hydrogens (primary N) is 1. The van der Waals surface area contributed by atoms with Crippen LogP contribution in [-0.2, 0) is 16.0 Å². The van der Waals surface area contributed by atoms with Gasteiger partial charge in [-0.2, -0.15) is 0 Å². The zero-order valence-corrected chi connectivity index (χ0v) is 16.0. The van der Waals surface area contributed by atoms with E-state index in [1.165, 1.54) is 0 Å². The first-order valence-electron chi connectivity index (χ1n) is 9.23. The molecule has 6 heteroatoms. The van der Waals surface area contributed by atoms with Gasteiger partial charge in [-0.3, -0.25) is 4.79 Å². The predicted molar refractivity (Wildman–Crippen MR) is 108 cm³/mol. The maximum absolute atomic E-state index is 12.4. The van der Waals surface area contributed by atoms with E-state index in [2.05, 4.69) is 5.32 Å². The monoisotopic (exact) mass is 380 g/mol. The molecule has 0 aliphatic carbocycles. The van der Waals surface area contributed by atoms with E-state index in [1.807, 2.05) is 44.2 Å². The van der Waals surface area contributed by atoms with Crippen molar-refractivity contribution in [3.8, 4) is 0 Å². The van der Waals surface area contributed by atoms with E-state index in [-0.39, 0.29) is 17.6 Å². The van der Waals surface area contributed by atoms with Gasteiger partial charge in [0.15, 0.2) is 0 Å². The number of rotatable bonds is 7. The number of carbonyl (C=O) groups excluding carboxylic acids is 2. The Morgan fingerprint density at radius 3 is 2.57 bits per heavy atom. The van der Waals surface area contributed by atoms with Gasteiger partial charge in [-0.25, -0.2) is 4.79 Å². The van der Waals surface area contributed by atoms with E-state index in [9.17, 15) is 9.59 Å². The normalized spacial score (nSPS) is 12.1. The molecule has 0 bridgehead atoms. The zero-order valence-electron chi connectivity index (χ0n) is 16.0. The minimum absolute atomic E-state index is 0.139. The summed E-state index contributed by atoms with van der Waals surface area (Å²) in [6.45, 7) is 4.25. The molecular formula is C22H24N2O4. The van der Waals surface area contributed by atoms with Crippen LogP contribution in [0.1, 0.15) is 30.0 Å². The van der Waals surface area contributed by atoms with Gasteiger partial charge in [-0.15, -0.1) is 0 Å². The predicted octanol–water partition coefficient (Wildman–Crippen LogP) is 3.75. The Bertz CT molecular complexity index is 963. The first kappa shape index (κ1) is 19.6. The summed E-state index contributed by atoms with van der Waals surface area (Å²) in [6, 6.07) is 15.7. The molecule has 0 spiro atoms. The van der Waals surface area contributed by atoms with E-state index in [0.29, 0.717) is 29.7 Å². The molecule has 28 heavy (non-hydrogen) atoms. The second kappa shape index (κ2) is 8.71. The Balaban J connectivity index is 1.66. The summed E-state index contributed by atoms with van der Waals surface area (Å²) in [6.07, 6.45) is 0.451. The highest BCUT2D eigenvalue weighted by molar-refractivity contribution is 5.98. The van der Waals surface area contributed by atoms with Crippen molar-refractivity contribution in [3.63, 3.8) is 0 Å². The summed E-state index contributed by atoms with van der Waals surface area (Å²) in [7, 11) is 0. The Morgan fingerprint density at radius 1 is 1.11 bits per heavy atom. The number of benzene rings is 2. The van der Waals surface area contributed by atoms with Crippen LogP contribution in [0.4, 0.5) is 5.69 Å². The van der Waals surface area contributed by atoms with Crippen molar-refractivity contribution in [1.29, 1.82) is 0 Å². The number of furan rings is 1. The largest absolute Gasteiger partial charge is 0.460 e. The van der Waals surface area contributed by atoms with Crippen LogP contribution in [0.2, 0.25) is 0 Å². The van der Waals surface area contributed by atoms with Gasteiger partial charge in [0.1, 0.15) is 5.58 Å². The molecule has 3 rings (SSSR count). The molecule has 2 aromatic carbocycles. The summed E-state index contributed by atoms with van der Waals surface area (Å²) < 4.78 is 10.7. The Labute approximate surface area is 163 Å². The summed E-state index contributed by atoms with van der Waals surface area (Å²) in [5, 5.41) is 3.51. The molecule has 3 N–H and O–H groups in total. The van der Waals surface area contributed by atoms with Gasteiger partial charge in [0.05, 0.1) is 12.6 Å². The quantitative estimate of drug-likeness (QED) is 0.609. The van der Waals surface area contributed by atoms with Gasteiger partial charge < -0.3 is 20.2 Å². The van der Waals surface area contributed by atoms with Crippen LogP contribution in [0.15, 0.2) is 59.0 Å². The summed E-state index contributed by atoms with van der Waals surface area (Å²) in [5.41, 5.74) is 8.15. The zero-order chi connectivity index (χ0) is 20.1. The van der Waals surface area contributed by atoms with Crippen LogP contribution >= 0.6 is 0 Å². The van der Waals surface area contributed by atoms with Crippen molar-refractivity contribution in [3.05, 3.63) is 65.9 Å². The van der Waals surface area contributed by atoms with Gasteiger partial charge in [-0.05, 0) is 42.2 Å². The van der Waals surface area contributed by atoms with Crippen LogP contribution in [0.5, 0.6) is 0 Å². The molecule has 1 aromatic heterocycles. The number of amides is 1. The van der Waals surface area contributed by atoms with Crippen LogP contribution in [0.25, 0.3) is 11.0 Å². The number of hydrogen-bond acceptors (Lipinski definition) is 5. The number of nitrogens with one attached hydrogen (secondary N) is 1. The van der Waals surface area contributed by atoms with Crippen molar-refractivity contribution < 1.29 is 18.7 Å². The lowest BCUT2D eigenvalue weighted by Gasteiger charge is -2.12. The molecule has 0 fully saturated rings. The molecule has 0 aliphatic rings. The molecule has 0 saturated carbocycles. The van der Waals surface area contributed by atoms with E-state index < -0.39 is 12.0 Å². The number of anilines is 1. The lowest BCUT2D eigenvalue weighted by atomic mass is 10.1. The highest BCUT2D eigenvalue weighted by Gasteiger charge is 2.17. The molecule has 0 radical (unpaired) electrons. The van der Waals surface area contributed by atoms with E-state index in [1.54, 1.807) is 24.3 Å². The van der Waals surface area contributed by atoms with E-state index in [4.69, 9.17) is 14.9 Å². The number of fused-ring (bicyclic) bond motifs is 1. The van der Waals surface area contributed by atoms with Crippen LogP contribution in [-0.4, -0.2) is 24.5 Å². The Kier molecular flexibility index (Phi) is 6.11. The molecule has 1 atom stereocenters. The minimum Gasteiger partial charge on any atom is -0.460 e. The van der Waals surface area contributed by atoms with E-state index >= 15 is 0 Å². The molecule has 6 nitrogen and oxygen atoms in total. The van der Waals surface area contributed by atoms with Crippen LogP contribution < -0.4 is 11.1 Å². The minimum atomic E-state index is -0.663. The maximum atomic E-state index is 12.4. The van der Waals surface area contributed by atoms with E-state index in [0.717, 1.165) is 5.56 Å². The van der Waals surface area contributed by atoms with Gasteiger partial charge in [0.2, 0.25) is 11.7 Å². The third kappa shape index (κ3) is 4.98. The standard InChI is InChI=1S/C22H24N2O4/c1-14(2)13-27-22(26)20-12-16-11-17(8-9-19(16)28-20)24-21(25)18(23)10-15-6-4-3-5-7-15/h3-9,11-12,14,18H,10,13,23H2,1-2H3,(H,24,25)/t18-/m0/s1. The molecule has 3 aromatic rings. The molecular weight excluding hydrogens is 356 g/mol.